The lowest BCUT2D eigenvalue weighted by Crippen LogP contribution is -2.67. The lowest BCUT2D eigenvalue weighted by molar-refractivity contribution is -0.135. The number of nitrogens with one attached hydrogen (secondary N) is 2. The highest BCUT2D eigenvalue weighted by Crippen LogP contribution is 2.29. The van der Waals surface area contributed by atoms with Crippen LogP contribution < -0.4 is 10.6 Å². The van der Waals surface area contributed by atoms with E-state index in [4.69, 9.17) is 0 Å². The van der Waals surface area contributed by atoms with Crippen molar-refractivity contribution >= 4 is 35.3 Å². The monoisotopic (exact) mass is 296 g/mol. The van der Waals surface area contributed by atoms with Crippen LogP contribution in [0.1, 0.15) is 5.56 Å². The van der Waals surface area contributed by atoms with Crippen LogP contribution in [0.5, 0.6) is 0 Å². The molecule has 0 unspecified atom stereocenters. The van der Waals surface area contributed by atoms with Crippen LogP contribution in [0.25, 0.3) is 0 Å². The van der Waals surface area contributed by atoms with Crippen molar-refractivity contribution in [2.75, 3.05) is 12.5 Å². The van der Waals surface area contributed by atoms with Crippen molar-refractivity contribution in [3.8, 4) is 0 Å². The van der Waals surface area contributed by atoms with E-state index in [-0.39, 0.29) is 11.8 Å². The molecule has 0 saturated carbocycles. The van der Waals surface area contributed by atoms with Gasteiger partial charge in [0, 0.05) is 6.42 Å². The number of carbonyl (C=O) groups excluding carboxylic acids is 2. The number of rotatable bonds is 4. The smallest absolute Gasteiger partial charge is 0.257 e. The fourth-order valence-electron chi connectivity index (χ4n) is 2.01. The second-order valence-electron chi connectivity index (χ2n) is 4.27. The average molecular weight is 296 g/mol. The van der Waals surface area contributed by atoms with Gasteiger partial charge in [0.15, 0.2) is 10.2 Å². The molecule has 102 valence electrons. The maximum atomic E-state index is 12.3. The average Bonchev–Trinajstić information content (AvgIpc) is 2.43. The predicted molar refractivity (Wildman–Crippen MR) is 80.0 cm³/mol. The fraction of sp³-hybridized carbons (Fsp3) is 0.385. The molecule has 0 aliphatic carbocycles. The maximum Gasteiger partial charge on any atom is 0.257 e. The molecule has 4 nitrogen and oxygen atoms in total. The minimum atomic E-state index is -0.912. The Labute approximate surface area is 121 Å². The van der Waals surface area contributed by atoms with E-state index in [1.165, 1.54) is 23.5 Å². The molecule has 2 N–H and O–H groups in total. The number of thioether (sulfide) groups is 2. The molecule has 2 atom stereocenters. The number of hydrogen-bond donors (Lipinski definition) is 2. The molecule has 6 heteroatoms. The first-order valence-corrected chi connectivity index (χ1v) is 8.37. The third-order valence-corrected chi connectivity index (χ3v) is 5.00. The van der Waals surface area contributed by atoms with Crippen molar-refractivity contribution < 1.29 is 9.59 Å². The van der Waals surface area contributed by atoms with E-state index in [1.807, 2.05) is 36.6 Å². The molecular formula is C13H16N2O2S2. The minimum absolute atomic E-state index is 0.136. The van der Waals surface area contributed by atoms with E-state index in [9.17, 15) is 9.59 Å². The van der Waals surface area contributed by atoms with Crippen LogP contribution in [0, 0.1) is 0 Å². The zero-order chi connectivity index (χ0) is 13.9. The molecule has 1 heterocycles. The van der Waals surface area contributed by atoms with Gasteiger partial charge in [-0.2, -0.15) is 0 Å². The molecule has 0 radical (unpaired) electrons. The van der Waals surface area contributed by atoms with Crippen molar-refractivity contribution in [2.45, 2.75) is 16.7 Å². The van der Waals surface area contributed by atoms with E-state index in [0.717, 1.165) is 5.56 Å². The highest BCUT2D eigenvalue weighted by Gasteiger charge is 2.45. The Kier molecular flexibility index (Phi) is 4.42. The molecular weight excluding hydrogens is 280 g/mol. The van der Waals surface area contributed by atoms with Gasteiger partial charge in [0.05, 0.1) is 0 Å². The summed E-state index contributed by atoms with van der Waals surface area (Å²) in [5.74, 6) is -0.278. The van der Waals surface area contributed by atoms with Crippen molar-refractivity contribution in [3.05, 3.63) is 35.9 Å². The van der Waals surface area contributed by atoms with Gasteiger partial charge in [-0.1, -0.05) is 30.3 Å². The van der Waals surface area contributed by atoms with Gasteiger partial charge in [0.25, 0.3) is 11.8 Å². The van der Waals surface area contributed by atoms with Crippen molar-refractivity contribution in [1.29, 1.82) is 0 Å². The molecule has 1 aliphatic heterocycles. The minimum Gasteiger partial charge on any atom is -0.333 e. The summed E-state index contributed by atoms with van der Waals surface area (Å²) in [6.45, 7) is 0. The molecule has 0 aromatic heterocycles. The van der Waals surface area contributed by atoms with Crippen LogP contribution in [0.4, 0.5) is 0 Å². The first-order chi connectivity index (χ1) is 9.11. The zero-order valence-corrected chi connectivity index (χ0v) is 12.4. The second-order valence-corrected chi connectivity index (χ2v) is 6.32. The Morgan fingerprint density at radius 3 is 2.47 bits per heavy atom. The number of hydrogen-bond acceptors (Lipinski definition) is 4. The third kappa shape index (κ3) is 2.90. The lowest BCUT2D eigenvalue weighted by Gasteiger charge is -2.38. The Balaban J connectivity index is 2.23. The van der Waals surface area contributed by atoms with Crippen LogP contribution >= 0.6 is 23.5 Å². The van der Waals surface area contributed by atoms with E-state index in [0.29, 0.717) is 6.42 Å². The SMILES string of the molecule is CS[C@@H]1NC(=O)[C@@](Cc2ccccc2)(SC)NC1=O. The van der Waals surface area contributed by atoms with Gasteiger partial charge >= 0.3 is 0 Å². The molecule has 19 heavy (non-hydrogen) atoms. The molecule has 1 saturated heterocycles. The van der Waals surface area contributed by atoms with Gasteiger partial charge in [0.1, 0.15) is 0 Å². The molecule has 1 fully saturated rings. The Hall–Kier alpha value is -1.14. The summed E-state index contributed by atoms with van der Waals surface area (Å²) >= 11 is 2.68. The largest absolute Gasteiger partial charge is 0.333 e. The Bertz CT molecular complexity index is 481. The molecule has 2 rings (SSSR count). The molecule has 1 aliphatic rings. The molecule has 0 spiro atoms. The van der Waals surface area contributed by atoms with Crippen molar-refractivity contribution in [1.82, 2.24) is 10.6 Å². The zero-order valence-electron chi connectivity index (χ0n) is 10.8. The summed E-state index contributed by atoms with van der Waals surface area (Å²) < 4.78 is 0. The van der Waals surface area contributed by atoms with Crippen LogP contribution in [0.3, 0.4) is 0 Å². The number of carbonyl (C=O) groups is 2. The topological polar surface area (TPSA) is 58.2 Å². The summed E-state index contributed by atoms with van der Waals surface area (Å²) in [6.07, 6.45) is 4.11. The normalized spacial score (nSPS) is 26.7. The summed E-state index contributed by atoms with van der Waals surface area (Å²) in [5, 5.41) is 5.14. The van der Waals surface area contributed by atoms with E-state index in [1.54, 1.807) is 6.26 Å². The predicted octanol–water partition coefficient (Wildman–Crippen LogP) is 1.22. The van der Waals surface area contributed by atoms with Crippen LogP contribution in [0.2, 0.25) is 0 Å². The maximum absolute atomic E-state index is 12.3. The summed E-state index contributed by atoms with van der Waals surface area (Å²) in [6, 6.07) is 9.70. The summed E-state index contributed by atoms with van der Waals surface area (Å²) in [5.41, 5.74) is 1.02. The quantitative estimate of drug-likeness (QED) is 0.877. The Morgan fingerprint density at radius 1 is 1.21 bits per heavy atom. The number of benzene rings is 1. The highest BCUT2D eigenvalue weighted by molar-refractivity contribution is 8.01. The first kappa shape index (κ1) is 14.3. The van der Waals surface area contributed by atoms with Gasteiger partial charge in [-0.15, -0.1) is 23.5 Å². The number of piperazine rings is 1. The van der Waals surface area contributed by atoms with Gasteiger partial charge in [0.2, 0.25) is 0 Å². The van der Waals surface area contributed by atoms with Crippen molar-refractivity contribution in [3.63, 3.8) is 0 Å². The summed E-state index contributed by atoms with van der Waals surface area (Å²) in [7, 11) is 0. The number of amides is 2. The molecule has 1 aromatic carbocycles. The van der Waals surface area contributed by atoms with Crippen LogP contribution in [0.15, 0.2) is 30.3 Å². The van der Waals surface area contributed by atoms with Gasteiger partial charge < -0.3 is 10.6 Å². The summed E-state index contributed by atoms with van der Waals surface area (Å²) in [4.78, 5) is 23.4. The van der Waals surface area contributed by atoms with E-state index >= 15 is 0 Å². The van der Waals surface area contributed by atoms with Gasteiger partial charge in [-0.25, -0.2) is 0 Å². The standard InChI is InChI=1S/C13H16N2O2S2/c1-18-11-10(16)15-13(19-2,12(17)14-11)8-9-6-4-3-5-7-9/h3-7,11H,8H2,1-2H3,(H,14,17)(H,15,16)/t11-,13+/m0/s1. The van der Waals surface area contributed by atoms with Gasteiger partial charge in [-0.05, 0) is 18.1 Å². The highest BCUT2D eigenvalue weighted by atomic mass is 32.2. The van der Waals surface area contributed by atoms with Crippen LogP contribution in [-0.2, 0) is 16.0 Å². The van der Waals surface area contributed by atoms with Gasteiger partial charge in [-0.3, -0.25) is 9.59 Å². The Morgan fingerprint density at radius 2 is 1.89 bits per heavy atom. The lowest BCUT2D eigenvalue weighted by atomic mass is 10.0. The fourth-order valence-corrected chi connectivity index (χ4v) is 3.27. The molecule has 0 bridgehead atoms. The second kappa shape index (κ2) is 5.88. The third-order valence-electron chi connectivity index (χ3n) is 3.07. The molecule has 2 amide bonds. The van der Waals surface area contributed by atoms with E-state index < -0.39 is 10.2 Å². The first-order valence-electron chi connectivity index (χ1n) is 5.86. The van der Waals surface area contributed by atoms with Crippen molar-refractivity contribution in [2.24, 2.45) is 0 Å². The van der Waals surface area contributed by atoms with E-state index in [2.05, 4.69) is 10.6 Å². The molecule has 1 aromatic rings. The van der Waals surface area contributed by atoms with Crippen LogP contribution in [-0.4, -0.2) is 34.6 Å².